The van der Waals surface area contributed by atoms with Crippen molar-refractivity contribution in [3.63, 3.8) is 0 Å². The Hall–Kier alpha value is -7.02. The van der Waals surface area contributed by atoms with E-state index in [-0.39, 0.29) is 53.7 Å². The molecule has 7 rings (SSSR count). The van der Waals surface area contributed by atoms with Crippen molar-refractivity contribution in [3.8, 4) is 17.2 Å². The van der Waals surface area contributed by atoms with Crippen LogP contribution in [-0.2, 0) is 27.9 Å². The molecule has 3 aliphatic rings. The molecule has 67 heavy (non-hydrogen) atoms. The summed E-state index contributed by atoms with van der Waals surface area (Å²) in [5.41, 5.74) is 6.88. The summed E-state index contributed by atoms with van der Waals surface area (Å²) < 4.78 is 29.6. The van der Waals surface area contributed by atoms with Gasteiger partial charge in [-0.15, -0.1) is 0 Å². The van der Waals surface area contributed by atoms with Crippen molar-refractivity contribution in [1.82, 2.24) is 9.47 Å². The highest BCUT2D eigenvalue weighted by atomic mass is 16.7. The lowest BCUT2D eigenvalue weighted by Crippen LogP contribution is -2.60. The number of hydrogen-bond donors (Lipinski definition) is 8. The zero-order chi connectivity index (χ0) is 48.1. The third-order valence-electron chi connectivity index (χ3n) is 11.6. The van der Waals surface area contributed by atoms with Gasteiger partial charge in [-0.3, -0.25) is 24.5 Å². The van der Waals surface area contributed by atoms with E-state index in [1.807, 2.05) is 0 Å². The van der Waals surface area contributed by atoms with Gasteiger partial charge in [-0.25, -0.2) is 9.69 Å². The number of ether oxygens (including phenoxy) is 5. The number of aryl methyl sites for hydroxylation is 1. The number of nitro benzene ring substituents is 1. The molecule has 0 radical (unpaired) electrons. The molecule has 4 amide bonds. The third kappa shape index (κ3) is 10.5. The minimum Gasteiger partial charge on any atom is -0.493 e. The Morgan fingerprint density at radius 3 is 2.42 bits per heavy atom. The average Bonchev–Trinajstić information content (AvgIpc) is 3.65. The van der Waals surface area contributed by atoms with Gasteiger partial charge in [0.15, 0.2) is 23.5 Å². The van der Waals surface area contributed by atoms with Crippen molar-refractivity contribution >= 4 is 52.3 Å². The molecule has 2 saturated heterocycles. The minimum atomic E-state index is -1.84. The van der Waals surface area contributed by atoms with Crippen molar-refractivity contribution in [2.45, 2.75) is 81.7 Å². The average molecular weight is 934 g/mol. The lowest BCUT2D eigenvalue weighted by molar-refractivity contribution is -0.387. The van der Waals surface area contributed by atoms with Crippen LogP contribution in [0.5, 0.6) is 17.2 Å². The molecule has 1 aromatic heterocycles. The highest BCUT2D eigenvalue weighted by Gasteiger charge is 2.46. The van der Waals surface area contributed by atoms with Gasteiger partial charge in [-0.1, -0.05) is 6.07 Å². The summed E-state index contributed by atoms with van der Waals surface area (Å²) in [6.45, 7) is -1.05. The number of rotatable bonds is 15. The smallest absolute Gasteiger partial charge is 0.416 e. The van der Waals surface area contributed by atoms with Crippen LogP contribution < -0.4 is 35.5 Å². The second-order valence-corrected chi connectivity index (χ2v) is 16.1. The van der Waals surface area contributed by atoms with Gasteiger partial charge < -0.3 is 75.1 Å². The quantitative estimate of drug-likeness (QED) is 0.0367. The fraction of sp³-hybridized carbons (Fsp3) is 0.409. The van der Waals surface area contributed by atoms with E-state index < -0.39 is 90.5 Å². The van der Waals surface area contributed by atoms with E-state index >= 15 is 0 Å². The molecule has 4 aromatic rings. The molecule has 23 nitrogen and oxygen atoms in total. The number of aromatic nitrogens is 1. The number of nitrogens with one attached hydrogen (secondary N) is 2. The zero-order valence-corrected chi connectivity index (χ0v) is 36.3. The van der Waals surface area contributed by atoms with E-state index in [9.17, 15) is 54.8 Å². The molecular formula is C44H51N7O16. The second-order valence-electron chi connectivity index (χ2n) is 16.1. The van der Waals surface area contributed by atoms with Crippen LogP contribution in [0.15, 0.2) is 66.9 Å². The second kappa shape index (κ2) is 20.7. The number of hydrogen-bond acceptors (Lipinski definition) is 17. The van der Waals surface area contributed by atoms with Crippen LogP contribution in [0, 0.1) is 10.1 Å². The molecule has 3 aromatic carbocycles. The maximum Gasteiger partial charge on any atom is 0.416 e. The summed E-state index contributed by atoms with van der Waals surface area (Å²) in [7, 11) is 3.02. The summed E-state index contributed by atoms with van der Waals surface area (Å²) in [6.07, 6.45) is -7.63. The van der Waals surface area contributed by atoms with Crippen molar-refractivity contribution in [3.05, 3.63) is 93.8 Å². The number of aliphatic hydroxyl groups is 5. The fourth-order valence-corrected chi connectivity index (χ4v) is 8.05. The molecule has 3 aliphatic heterocycles. The predicted molar refractivity (Wildman–Crippen MR) is 235 cm³/mol. The van der Waals surface area contributed by atoms with Crippen LogP contribution in [0.3, 0.4) is 0 Å². The number of anilines is 4. The highest BCUT2D eigenvalue weighted by molar-refractivity contribution is 6.06. The number of nitrogens with two attached hydrogens (primary N) is 1. The van der Waals surface area contributed by atoms with Crippen molar-refractivity contribution in [1.29, 1.82) is 0 Å². The van der Waals surface area contributed by atoms with Gasteiger partial charge in [-0.2, -0.15) is 0 Å². The van der Waals surface area contributed by atoms with Crippen molar-refractivity contribution in [2.75, 3.05) is 48.1 Å². The first kappa shape index (κ1) is 47.9. The maximum atomic E-state index is 14.1. The number of amides is 4. The van der Waals surface area contributed by atoms with E-state index in [2.05, 4.69) is 10.6 Å². The Morgan fingerprint density at radius 1 is 0.940 bits per heavy atom. The number of benzene rings is 3. The van der Waals surface area contributed by atoms with E-state index in [0.29, 0.717) is 48.6 Å². The van der Waals surface area contributed by atoms with Gasteiger partial charge in [0.1, 0.15) is 36.7 Å². The SMILES string of the molecule is COc1cc2c(cc1OCCCC(=O)Nc1cc(C(=O)Nc3ccc(N)cc3)n(C)c1)N(C(=O)OCc1ccc(O[C@@H]3O[C@H](CO)[C@@H](O)[C@H](O)[C@H]3O)c([N+](=O)[O-])c1)C(O)[C@@H]1CCCCN1C2=O. The summed E-state index contributed by atoms with van der Waals surface area (Å²) in [4.78, 5) is 67.7. The van der Waals surface area contributed by atoms with Crippen LogP contribution in [0.4, 0.5) is 33.2 Å². The van der Waals surface area contributed by atoms with Crippen LogP contribution in [0.1, 0.15) is 58.5 Å². The topological polar surface area (TPSA) is 320 Å². The summed E-state index contributed by atoms with van der Waals surface area (Å²) in [6, 6.07) is 13.6. The van der Waals surface area contributed by atoms with Crippen LogP contribution >= 0.6 is 0 Å². The van der Waals surface area contributed by atoms with Crippen molar-refractivity contribution in [2.24, 2.45) is 7.05 Å². The lowest BCUT2D eigenvalue weighted by Gasteiger charge is -2.39. The Kier molecular flexibility index (Phi) is 14.8. The first-order valence-electron chi connectivity index (χ1n) is 21.3. The molecule has 0 aliphatic carbocycles. The normalized spacial score (nSPS) is 22.4. The number of carbonyl (C=O) groups excluding carboxylic acids is 4. The minimum absolute atomic E-state index is 0.000423. The molecule has 9 N–H and O–H groups in total. The van der Waals surface area contributed by atoms with Gasteiger partial charge in [0.05, 0.1) is 48.2 Å². The number of nitrogen functional groups attached to an aromatic ring is 1. The Morgan fingerprint density at radius 2 is 1.70 bits per heavy atom. The van der Waals surface area contributed by atoms with Gasteiger partial charge in [0.2, 0.25) is 12.2 Å². The lowest BCUT2D eigenvalue weighted by atomic mass is 9.99. The van der Waals surface area contributed by atoms with E-state index in [0.717, 1.165) is 17.0 Å². The number of aliphatic hydroxyl groups excluding tert-OH is 5. The molecule has 1 unspecified atom stereocenters. The van der Waals surface area contributed by atoms with Crippen molar-refractivity contribution < 1.29 is 73.3 Å². The first-order valence-corrected chi connectivity index (χ1v) is 21.3. The third-order valence-corrected chi connectivity index (χ3v) is 11.6. The van der Waals surface area contributed by atoms with E-state index in [1.165, 1.54) is 36.3 Å². The predicted octanol–water partition coefficient (Wildman–Crippen LogP) is 2.22. The highest BCUT2D eigenvalue weighted by Crippen LogP contribution is 2.41. The maximum absolute atomic E-state index is 14.1. The molecule has 0 bridgehead atoms. The van der Waals surface area contributed by atoms with Crippen LogP contribution in [-0.4, -0.2) is 134 Å². The summed E-state index contributed by atoms with van der Waals surface area (Å²) in [5, 5.41) is 69.6. The standard InChI is InChI=1S/C44H51N7O16/c1-48-20-26(17-31(48)40(57)47-25-11-9-24(45)10-12-25)46-36(53)7-5-15-64-34-19-29-27(18-33(34)63-2)41(58)49-14-4-3-6-28(49)42(59)50(29)44(60)65-22-23-8-13-32(30(16-23)51(61)62)66-43-39(56)38(55)37(54)35(21-52)67-43/h8-13,16-20,28,35,37-39,42-43,52,54-56,59H,3-7,14-15,21-22,45H2,1-2H3,(H,46,53)(H,47,57)/t28-,35+,37+,38-,39+,42?,43+/m0/s1. The number of nitro groups is 1. The number of methoxy groups -OCH3 is 1. The molecule has 4 heterocycles. The molecule has 358 valence electrons. The molecule has 2 fully saturated rings. The van der Waals surface area contributed by atoms with E-state index in [1.54, 1.807) is 42.1 Å². The van der Waals surface area contributed by atoms with Gasteiger partial charge in [-0.05, 0) is 73.7 Å². The molecule has 0 spiro atoms. The van der Waals surface area contributed by atoms with Crippen LogP contribution in [0.25, 0.3) is 0 Å². The monoisotopic (exact) mass is 933 g/mol. The number of carbonyl (C=O) groups is 4. The number of nitrogens with zero attached hydrogens (tertiary/aromatic N) is 4. The Labute approximate surface area is 382 Å². The molecule has 23 heteroatoms. The number of piperidine rings is 1. The summed E-state index contributed by atoms with van der Waals surface area (Å²) in [5.74, 6) is -1.45. The molecular weight excluding hydrogens is 883 g/mol. The zero-order valence-electron chi connectivity index (χ0n) is 36.3. The fourth-order valence-electron chi connectivity index (χ4n) is 8.05. The van der Waals surface area contributed by atoms with Gasteiger partial charge >= 0.3 is 11.8 Å². The Balaban J connectivity index is 1.03. The molecule has 0 saturated carbocycles. The number of fused-ring (bicyclic) bond motifs is 2. The van der Waals surface area contributed by atoms with Crippen LogP contribution in [0.2, 0.25) is 0 Å². The largest absolute Gasteiger partial charge is 0.493 e. The Bertz CT molecular complexity index is 2480. The van der Waals surface area contributed by atoms with Gasteiger partial charge in [0.25, 0.3) is 11.8 Å². The molecule has 7 atom stereocenters. The summed E-state index contributed by atoms with van der Waals surface area (Å²) >= 11 is 0. The van der Waals surface area contributed by atoms with Gasteiger partial charge in [0, 0.05) is 49.7 Å². The van der Waals surface area contributed by atoms with E-state index in [4.69, 9.17) is 29.4 Å². The first-order chi connectivity index (χ1) is 32.1.